The third-order valence-electron chi connectivity index (χ3n) is 3.23. The first-order chi connectivity index (χ1) is 10.2. The highest BCUT2D eigenvalue weighted by atomic mass is 32.2. The highest BCUT2D eigenvalue weighted by molar-refractivity contribution is 8.16. The molecule has 1 N–H and O–H groups in total. The van der Waals surface area contributed by atoms with E-state index in [1.807, 2.05) is 42.7 Å². The van der Waals surface area contributed by atoms with Crippen LogP contribution in [0, 0.1) is 0 Å². The minimum Gasteiger partial charge on any atom is -0.319 e. The standard InChI is InChI=1S/C15H17N3OS2/c1-18-10-13(9-16-18)17-14(19)11-3-5-12(6-4-11)15-20-7-2-8-21-15/h3-6,9-10,15H,2,7-8H2,1H3,(H,17,19). The lowest BCUT2D eigenvalue weighted by Gasteiger charge is -2.21. The number of benzene rings is 1. The number of nitrogens with one attached hydrogen (secondary N) is 1. The monoisotopic (exact) mass is 319 g/mol. The summed E-state index contributed by atoms with van der Waals surface area (Å²) in [6.07, 6.45) is 4.71. The predicted molar refractivity (Wildman–Crippen MR) is 89.9 cm³/mol. The molecule has 1 aromatic carbocycles. The van der Waals surface area contributed by atoms with Gasteiger partial charge in [-0.3, -0.25) is 9.48 Å². The molecule has 3 rings (SSSR count). The van der Waals surface area contributed by atoms with Gasteiger partial charge in [-0.1, -0.05) is 12.1 Å². The van der Waals surface area contributed by atoms with E-state index in [0.717, 1.165) is 0 Å². The van der Waals surface area contributed by atoms with Crippen LogP contribution in [-0.4, -0.2) is 27.2 Å². The van der Waals surface area contributed by atoms with E-state index in [4.69, 9.17) is 0 Å². The molecule has 0 atom stereocenters. The number of carbonyl (C=O) groups is 1. The third-order valence-corrected chi connectivity index (χ3v) is 6.25. The van der Waals surface area contributed by atoms with Gasteiger partial charge in [-0.25, -0.2) is 0 Å². The van der Waals surface area contributed by atoms with Gasteiger partial charge in [-0.15, -0.1) is 23.5 Å². The minimum absolute atomic E-state index is 0.0986. The molecule has 1 aliphatic rings. The fourth-order valence-corrected chi connectivity index (χ4v) is 5.06. The summed E-state index contributed by atoms with van der Waals surface area (Å²) in [7, 11) is 1.82. The van der Waals surface area contributed by atoms with Crippen LogP contribution in [0.2, 0.25) is 0 Å². The van der Waals surface area contributed by atoms with Crippen LogP contribution in [0.25, 0.3) is 0 Å². The number of hydrogen-bond donors (Lipinski definition) is 1. The lowest BCUT2D eigenvalue weighted by Crippen LogP contribution is -2.11. The second-order valence-electron chi connectivity index (χ2n) is 4.91. The molecule has 21 heavy (non-hydrogen) atoms. The van der Waals surface area contributed by atoms with Crippen molar-refractivity contribution in [1.29, 1.82) is 0 Å². The number of aryl methyl sites for hydroxylation is 1. The molecule has 1 amide bonds. The lowest BCUT2D eigenvalue weighted by atomic mass is 10.1. The topological polar surface area (TPSA) is 46.9 Å². The number of aromatic nitrogens is 2. The third kappa shape index (κ3) is 3.63. The number of thioether (sulfide) groups is 2. The van der Waals surface area contributed by atoms with Crippen LogP contribution in [0.1, 0.15) is 26.9 Å². The number of amides is 1. The Kier molecular flexibility index (Phi) is 4.55. The molecule has 0 unspecified atom stereocenters. The van der Waals surface area contributed by atoms with Gasteiger partial charge in [0.1, 0.15) is 0 Å². The molecule has 2 heterocycles. The largest absolute Gasteiger partial charge is 0.319 e. The van der Waals surface area contributed by atoms with E-state index in [2.05, 4.69) is 22.5 Å². The Labute approximate surface area is 132 Å². The van der Waals surface area contributed by atoms with Gasteiger partial charge in [0.15, 0.2) is 0 Å². The number of rotatable bonds is 3. The molecule has 0 spiro atoms. The van der Waals surface area contributed by atoms with Gasteiger partial charge in [-0.2, -0.15) is 5.10 Å². The first-order valence-corrected chi connectivity index (χ1v) is 8.95. The van der Waals surface area contributed by atoms with Crippen molar-refractivity contribution in [2.45, 2.75) is 11.0 Å². The zero-order valence-electron chi connectivity index (χ0n) is 11.8. The van der Waals surface area contributed by atoms with Crippen LogP contribution >= 0.6 is 23.5 Å². The van der Waals surface area contributed by atoms with E-state index >= 15 is 0 Å². The normalized spacial score (nSPS) is 15.9. The first-order valence-electron chi connectivity index (χ1n) is 6.85. The molecular weight excluding hydrogens is 302 g/mol. The molecule has 6 heteroatoms. The van der Waals surface area contributed by atoms with Crippen molar-refractivity contribution < 1.29 is 4.79 Å². The molecule has 1 aromatic heterocycles. The summed E-state index contributed by atoms with van der Waals surface area (Å²) in [4.78, 5) is 12.2. The fourth-order valence-electron chi connectivity index (χ4n) is 2.16. The molecule has 4 nitrogen and oxygen atoms in total. The van der Waals surface area contributed by atoms with E-state index in [1.54, 1.807) is 17.1 Å². The van der Waals surface area contributed by atoms with Crippen molar-refractivity contribution in [1.82, 2.24) is 9.78 Å². The summed E-state index contributed by atoms with van der Waals surface area (Å²) in [5.41, 5.74) is 2.68. The Balaban J connectivity index is 1.67. The zero-order valence-corrected chi connectivity index (χ0v) is 13.4. The van der Waals surface area contributed by atoms with Crippen molar-refractivity contribution in [3.63, 3.8) is 0 Å². The van der Waals surface area contributed by atoms with Crippen LogP contribution in [0.3, 0.4) is 0 Å². The highest BCUT2D eigenvalue weighted by Crippen LogP contribution is 2.43. The predicted octanol–water partition coefficient (Wildman–Crippen LogP) is 3.54. The number of anilines is 1. The second kappa shape index (κ2) is 6.58. The van der Waals surface area contributed by atoms with E-state index < -0.39 is 0 Å². The highest BCUT2D eigenvalue weighted by Gasteiger charge is 2.17. The molecule has 1 aliphatic heterocycles. The smallest absolute Gasteiger partial charge is 0.255 e. The van der Waals surface area contributed by atoms with Crippen molar-refractivity contribution in [2.75, 3.05) is 16.8 Å². The molecule has 0 aliphatic carbocycles. The summed E-state index contributed by atoms with van der Waals surface area (Å²) in [5, 5.41) is 6.88. The maximum absolute atomic E-state index is 12.2. The summed E-state index contributed by atoms with van der Waals surface area (Å²) in [6, 6.07) is 7.93. The van der Waals surface area contributed by atoms with Gasteiger partial charge in [0.25, 0.3) is 5.91 Å². The minimum atomic E-state index is -0.0986. The van der Waals surface area contributed by atoms with Crippen molar-refractivity contribution >= 4 is 35.1 Å². The fraction of sp³-hybridized carbons (Fsp3) is 0.333. The van der Waals surface area contributed by atoms with Gasteiger partial charge in [0, 0.05) is 18.8 Å². The molecule has 0 saturated carbocycles. The van der Waals surface area contributed by atoms with Crippen molar-refractivity contribution in [3.05, 3.63) is 47.8 Å². The average Bonchev–Trinajstić information content (AvgIpc) is 2.93. The quantitative estimate of drug-likeness (QED) is 0.940. The van der Waals surface area contributed by atoms with Crippen molar-refractivity contribution in [2.24, 2.45) is 7.05 Å². The van der Waals surface area contributed by atoms with Crippen LogP contribution in [-0.2, 0) is 7.05 Å². The molecule has 0 bridgehead atoms. The van der Waals surface area contributed by atoms with Gasteiger partial charge >= 0.3 is 0 Å². The zero-order chi connectivity index (χ0) is 14.7. The number of hydrogen-bond acceptors (Lipinski definition) is 4. The second-order valence-corrected chi connectivity index (χ2v) is 7.63. The lowest BCUT2D eigenvalue weighted by molar-refractivity contribution is 0.102. The summed E-state index contributed by atoms with van der Waals surface area (Å²) in [5.74, 6) is 2.35. The number of carbonyl (C=O) groups excluding carboxylic acids is 1. The number of nitrogens with zero attached hydrogens (tertiary/aromatic N) is 2. The van der Waals surface area contributed by atoms with Crippen LogP contribution in [0.5, 0.6) is 0 Å². The van der Waals surface area contributed by atoms with Gasteiger partial charge in [0.05, 0.1) is 16.5 Å². The molecule has 1 saturated heterocycles. The first kappa shape index (κ1) is 14.5. The van der Waals surface area contributed by atoms with Crippen LogP contribution < -0.4 is 5.32 Å². The maximum atomic E-state index is 12.2. The van der Waals surface area contributed by atoms with Gasteiger partial charge < -0.3 is 5.32 Å². The molecule has 0 radical (unpaired) electrons. The molecule has 2 aromatic rings. The Bertz CT molecular complexity index is 618. The van der Waals surface area contributed by atoms with Gasteiger partial charge in [-0.05, 0) is 35.6 Å². The van der Waals surface area contributed by atoms with Crippen LogP contribution in [0.4, 0.5) is 5.69 Å². The van der Waals surface area contributed by atoms with Crippen LogP contribution in [0.15, 0.2) is 36.7 Å². The Morgan fingerprint density at radius 2 is 2.00 bits per heavy atom. The average molecular weight is 319 g/mol. The molecule has 1 fully saturated rings. The van der Waals surface area contributed by atoms with E-state index in [0.29, 0.717) is 15.8 Å². The molecule has 110 valence electrons. The van der Waals surface area contributed by atoms with E-state index in [-0.39, 0.29) is 5.91 Å². The van der Waals surface area contributed by atoms with E-state index in [9.17, 15) is 4.79 Å². The SMILES string of the molecule is Cn1cc(NC(=O)c2ccc(C3SCCCS3)cc2)cn1. The Hall–Kier alpha value is -1.40. The molecular formula is C15H17N3OS2. The van der Waals surface area contributed by atoms with E-state index in [1.165, 1.54) is 23.5 Å². The summed E-state index contributed by atoms with van der Waals surface area (Å²) in [6.45, 7) is 0. The van der Waals surface area contributed by atoms with Crippen molar-refractivity contribution in [3.8, 4) is 0 Å². The summed E-state index contributed by atoms with van der Waals surface area (Å²) < 4.78 is 2.17. The maximum Gasteiger partial charge on any atom is 0.255 e. The Morgan fingerprint density at radius 1 is 1.29 bits per heavy atom. The Morgan fingerprint density at radius 3 is 2.62 bits per heavy atom. The summed E-state index contributed by atoms with van der Waals surface area (Å²) >= 11 is 3.97. The van der Waals surface area contributed by atoms with Gasteiger partial charge in [0.2, 0.25) is 0 Å².